The van der Waals surface area contributed by atoms with Crippen molar-refractivity contribution in [2.45, 2.75) is 31.8 Å². The van der Waals surface area contributed by atoms with E-state index in [-0.39, 0.29) is 24.2 Å². The topological polar surface area (TPSA) is 110 Å². The number of likely N-dealkylation sites (tertiary alicyclic amines) is 1. The number of amides is 2. The zero-order valence-electron chi connectivity index (χ0n) is 14.3. The second-order valence-corrected chi connectivity index (χ2v) is 6.53. The highest BCUT2D eigenvalue weighted by atomic mass is 16.2. The maximum absolute atomic E-state index is 13.0. The molecule has 1 aromatic carbocycles. The molecule has 1 fully saturated rings. The van der Waals surface area contributed by atoms with Crippen molar-refractivity contribution in [2.24, 2.45) is 5.73 Å². The van der Waals surface area contributed by atoms with Gasteiger partial charge in [0, 0.05) is 6.54 Å². The number of fused-ring (bicyclic) bond motifs is 1. The molecule has 4 rings (SSSR count). The number of hydrogen-bond acceptors (Lipinski definition) is 4. The van der Waals surface area contributed by atoms with E-state index >= 15 is 0 Å². The summed E-state index contributed by atoms with van der Waals surface area (Å²) in [6.45, 7) is 0.912. The van der Waals surface area contributed by atoms with Gasteiger partial charge in [-0.1, -0.05) is 12.1 Å². The van der Waals surface area contributed by atoms with Gasteiger partial charge < -0.3 is 15.2 Å². The van der Waals surface area contributed by atoms with Crippen LogP contribution in [0.1, 0.15) is 41.5 Å². The zero-order valence-corrected chi connectivity index (χ0v) is 14.3. The van der Waals surface area contributed by atoms with Gasteiger partial charge in [-0.05, 0) is 37.5 Å². The van der Waals surface area contributed by atoms with Crippen LogP contribution in [0, 0.1) is 0 Å². The van der Waals surface area contributed by atoms with Gasteiger partial charge in [-0.3, -0.25) is 14.7 Å². The van der Waals surface area contributed by atoms with Crippen LogP contribution in [0.4, 0.5) is 0 Å². The number of para-hydroxylation sites is 2. The summed E-state index contributed by atoms with van der Waals surface area (Å²) in [6.07, 6.45) is 4.51. The molecule has 2 amide bonds. The number of piperidine rings is 1. The largest absolute Gasteiger partial charge is 0.364 e. The second kappa shape index (κ2) is 6.62. The molecule has 3 aromatic rings. The number of hydrogen-bond donors (Lipinski definition) is 2. The standard InChI is InChI=1S/C18H20N6O2/c19-18(26)14-9-13(21-22-14)16-7-3-4-8-24(16)17(25)10-23-11-20-12-5-1-2-6-15(12)23/h1-2,5-6,9,11,16H,3-4,7-8,10H2,(H2,19,26)(H,21,22)/t16-/m0/s1. The zero-order chi connectivity index (χ0) is 18.1. The fourth-order valence-corrected chi connectivity index (χ4v) is 3.56. The predicted molar refractivity (Wildman–Crippen MR) is 95.1 cm³/mol. The lowest BCUT2D eigenvalue weighted by Gasteiger charge is -2.35. The lowest BCUT2D eigenvalue weighted by molar-refractivity contribution is -0.135. The number of carbonyl (C=O) groups excluding carboxylic acids is 2. The van der Waals surface area contributed by atoms with Gasteiger partial charge in [0.25, 0.3) is 5.91 Å². The molecule has 0 radical (unpaired) electrons. The molecule has 1 saturated heterocycles. The molecule has 3 N–H and O–H groups in total. The Kier molecular flexibility index (Phi) is 4.16. The van der Waals surface area contributed by atoms with Crippen molar-refractivity contribution in [3.8, 4) is 0 Å². The average molecular weight is 352 g/mol. The van der Waals surface area contributed by atoms with Gasteiger partial charge in [0.15, 0.2) is 0 Å². The summed E-state index contributed by atoms with van der Waals surface area (Å²) in [7, 11) is 0. The van der Waals surface area contributed by atoms with Crippen LogP contribution in [0.5, 0.6) is 0 Å². The summed E-state index contributed by atoms with van der Waals surface area (Å²) in [5.74, 6) is -0.556. The van der Waals surface area contributed by atoms with E-state index in [9.17, 15) is 9.59 Å². The van der Waals surface area contributed by atoms with Crippen molar-refractivity contribution < 1.29 is 9.59 Å². The van der Waals surface area contributed by atoms with E-state index in [2.05, 4.69) is 15.2 Å². The summed E-state index contributed by atoms with van der Waals surface area (Å²) >= 11 is 0. The molecule has 26 heavy (non-hydrogen) atoms. The van der Waals surface area contributed by atoms with Crippen LogP contribution < -0.4 is 5.73 Å². The van der Waals surface area contributed by atoms with Gasteiger partial charge >= 0.3 is 0 Å². The molecule has 8 heteroatoms. The number of nitrogens with two attached hydrogens (primary N) is 1. The Labute approximate surface area is 150 Å². The van der Waals surface area contributed by atoms with Gasteiger partial charge in [0.2, 0.25) is 5.91 Å². The molecule has 1 aliphatic heterocycles. The lowest BCUT2D eigenvalue weighted by atomic mass is 9.99. The first kappa shape index (κ1) is 16.3. The number of rotatable bonds is 4. The molecule has 1 aliphatic rings. The molecule has 0 bridgehead atoms. The van der Waals surface area contributed by atoms with E-state index in [0.717, 1.165) is 36.0 Å². The summed E-state index contributed by atoms with van der Waals surface area (Å²) in [5, 5.41) is 6.81. The summed E-state index contributed by atoms with van der Waals surface area (Å²) in [4.78, 5) is 30.5. The third-order valence-corrected chi connectivity index (χ3v) is 4.87. The molecule has 0 saturated carbocycles. The van der Waals surface area contributed by atoms with Crippen molar-refractivity contribution in [1.29, 1.82) is 0 Å². The quantitative estimate of drug-likeness (QED) is 0.743. The minimum absolute atomic E-state index is 0.0214. The van der Waals surface area contributed by atoms with Gasteiger partial charge in [0.05, 0.1) is 29.1 Å². The highest BCUT2D eigenvalue weighted by Gasteiger charge is 2.30. The number of H-pyrrole nitrogens is 1. The van der Waals surface area contributed by atoms with Gasteiger partial charge in [-0.25, -0.2) is 4.98 Å². The molecule has 0 aliphatic carbocycles. The first-order chi connectivity index (χ1) is 12.6. The normalized spacial score (nSPS) is 17.5. The Bertz CT molecular complexity index is 959. The molecule has 2 aromatic heterocycles. The third-order valence-electron chi connectivity index (χ3n) is 4.87. The maximum Gasteiger partial charge on any atom is 0.269 e. The Morgan fingerprint density at radius 3 is 2.92 bits per heavy atom. The number of aromatic nitrogens is 4. The third kappa shape index (κ3) is 2.94. The molecule has 8 nitrogen and oxygen atoms in total. The molecular weight excluding hydrogens is 332 g/mol. The van der Waals surface area contributed by atoms with Gasteiger partial charge in [0.1, 0.15) is 12.2 Å². The Hall–Kier alpha value is -3.16. The van der Waals surface area contributed by atoms with Crippen LogP contribution in [-0.4, -0.2) is 43.0 Å². The van der Waals surface area contributed by atoms with Gasteiger partial charge in [-0.2, -0.15) is 5.10 Å². The minimum atomic E-state index is -0.578. The van der Waals surface area contributed by atoms with Crippen molar-refractivity contribution in [1.82, 2.24) is 24.6 Å². The van der Waals surface area contributed by atoms with Crippen molar-refractivity contribution in [2.75, 3.05) is 6.54 Å². The highest BCUT2D eigenvalue weighted by Crippen LogP contribution is 2.30. The minimum Gasteiger partial charge on any atom is -0.364 e. The molecular formula is C18H20N6O2. The summed E-state index contributed by atoms with van der Waals surface area (Å²) in [5.41, 5.74) is 8.03. The van der Waals surface area contributed by atoms with E-state index in [1.165, 1.54) is 0 Å². The Morgan fingerprint density at radius 1 is 1.27 bits per heavy atom. The van der Waals surface area contributed by atoms with Gasteiger partial charge in [-0.15, -0.1) is 0 Å². The number of nitrogens with one attached hydrogen (secondary N) is 1. The van der Waals surface area contributed by atoms with Crippen molar-refractivity contribution in [3.63, 3.8) is 0 Å². The number of imidazole rings is 1. The SMILES string of the molecule is NC(=O)c1cc([C@@H]2CCCCN2C(=O)Cn2cnc3ccccc32)[nH]n1. The fourth-order valence-electron chi connectivity index (χ4n) is 3.56. The number of aromatic amines is 1. The average Bonchev–Trinajstić information content (AvgIpc) is 3.30. The fraction of sp³-hybridized carbons (Fsp3) is 0.333. The van der Waals surface area contributed by atoms with E-state index in [1.54, 1.807) is 12.4 Å². The Morgan fingerprint density at radius 2 is 2.12 bits per heavy atom. The summed E-state index contributed by atoms with van der Waals surface area (Å²) in [6, 6.07) is 9.27. The Balaban J connectivity index is 1.57. The number of primary amides is 1. The second-order valence-electron chi connectivity index (χ2n) is 6.53. The molecule has 1 atom stereocenters. The number of nitrogens with zero attached hydrogens (tertiary/aromatic N) is 4. The van der Waals surface area contributed by atoms with Crippen molar-refractivity contribution in [3.05, 3.63) is 48.0 Å². The van der Waals surface area contributed by atoms with Crippen LogP contribution in [0.15, 0.2) is 36.7 Å². The monoisotopic (exact) mass is 352 g/mol. The first-order valence-electron chi connectivity index (χ1n) is 8.68. The first-order valence-corrected chi connectivity index (χ1v) is 8.68. The molecule has 134 valence electrons. The van der Waals surface area contributed by atoms with E-state index in [0.29, 0.717) is 6.54 Å². The molecule has 0 spiro atoms. The van der Waals surface area contributed by atoms with Crippen LogP contribution in [-0.2, 0) is 11.3 Å². The van der Waals surface area contributed by atoms with Crippen LogP contribution in [0.2, 0.25) is 0 Å². The van der Waals surface area contributed by atoms with E-state index in [4.69, 9.17) is 5.73 Å². The van der Waals surface area contributed by atoms with E-state index < -0.39 is 5.91 Å². The maximum atomic E-state index is 13.0. The molecule has 0 unspecified atom stereocenters. The van der Waals surface area contributed by atoms with Crippen molar-refractivity contribution >= 4 is 22.8 Å². The van der Waals surface area contributed by atoms with Crippen LogP contribution in [0.25, 0.3) is 11.0 Å². The summed E-state index contributed by atoms with van der Waals surface area (Å²) < 4.78 is 1.87. The molecule has 3 heterocycles. The van der Waals surface area contributed by atoms with E-state index in [1.807, 2.05) is 33.7 Å². The smallest absolute Gasteiger partial charge is 0.269 e. The predicted octanol–water partition coefficient (Wildman–Crippen LogP) is 1.61. The van der Waals surface area contributed by atoms with Crippen LogP contribution >= 0.6 is 0 Å². The number of carbonyl (C=O) groups is 2. The highest BCUT2D eigenvalue weighted by molar-refractivity contribution is 5.90. The van der Waals surface area contributed by atoms with Crippen LogP contribution in [0.3, 0.4) is 0 Å². The number of benzene rings is 1. The lowest BCUT2D eigenvalue weighted by Crippen LogP contribution is -2.40.